The third-order valence-corrected chi connectivity index (χ3v) is 4.78. The van der Waals surface area contributed by atoms with Gasteiger partial charge in [-0.05, 0) is 6.42 Å². The van der Waals surface area contributed by atoms with Crippen molar-refractivity contribution in [2.24, 2.45) is 5.73 Å². The molecule has 0 saturated carbocycles. The average Bonchev–Trinajstić information content (AvgIpc) is 2.88. The van der Waals surface area contributed by atoms with E-state index in [0.717, 1.165) is 28.6 Å². The standard InChI is InChI=1S/C14H18N2S2/c1-2-12(15)8-17-9-13-10-18-14(16-13)11-6-4-3-5-7-11/h3-7,10,12H,2,8-9,15H2,1H3. The lowest BCUT2D eigenvalue weighted by Gasteiger charge is -2.06. The number of aromatic nitrogens is 1. The Hall–Kier alpha value is -0.840. The minimum Gasteiger partial charge on any atom is -0.327 e. The van der Waals surface area contributed by atoms with E-state index < -0.39 is 0 Å². The van der Waals surface area contributed by atoms with Crippen molar-refractivity contribution in [1.82, 2.24) is 4.98 Å². The van der Waals surface area contributed by atoms with E-state index in [2.05, 4.69) is 29.4 Å². The Labute approximate surface area is 117 Å². The van der Waals surface area contributed by atoms with Gasteiger partial charge in [0.25, 0.3) is 0 Å². The van der Waals surface area contributed by atoms with Crippen LogP contribution in [0.2, 0.25) is 0 Å². The van der Waals surface area contributed by atoms with Crippen LogP contribution < -0.4 is 5.73 Å². The molecule has 1 unspecified atom stereocenters. The summed E-state index contributed by atoms with van der Waals surface area (Å²) in [6.45, 7) is 2.13. The van der Waals surface area contributed by atoms with E-state index in [1.807, 2.05) is 30.0 Å². The van der Waals surface area contributed by atoms with Crippen molar-refractivity contribution in [3.05, 3.63) is 41.4 Å². The minimum absolute atomic E-state index is 0.308. The van der Waals surface area contributed by atoms with Crippen molar-refractivity contribution in [3.63, 3.8) is 0 Å². The van der Waals surface area contributed by atoms with Gasteiger partial charge in [0, 0.05) is 28.5 Å². The van der Waals surface area contributed by atoms with Gasteiger partial charge in [0.2, 0.25) is 0 Å². The lowest BCUT2D eigenvalue weighted by atomic mass is 10.2. The van der Waals surface area contributed by atoms with Crippen LogP contribution in [0.25, 0.3) is 10.6 Å². The van der Waals surface area contributed by atoms with Gasteiger partial charge in [-0.1, -0.05) is 37.3 Å². The van der Waals surface area contributed by atoms with Crippen molar-refractivity contribution in [2.75, 3.05) is 5.75 Å². The smallest absolute Gasteiger partial charge is 0.123 e. The number of benzene rings is 1. The van der Waals surface area contributed by atoms with Crippen LogP contribution in [0.4, 0.5) is 0 Å². The van der Waals surface area contributed by atoms with Crippen LogP contribution in [-0.2, 0) is 5.75 Å². The highest BCUT2D eigenvalue weighted by molar-refractivity contribution is 7.98. The van der Waals surface area contributed by atoms with E-state index in [4.69, 9.17) is 5.73 Å². The Morgan fingerprint density at radius 2 is 2.11 bits per heavy atom. The zero-order chi connectivity index (χ0) is 12.8. The minimum atomic E-state index is 0.308. The molecule has 0 bridgehead atoms. The van der Waals surface area contributed by atoms with Crippen molar-refractivity contribution in [1.29, 1.82) is 0 Å². The van der Waals surface area contributed by atoms with Crippen molar-refractivity contribution >= 4 is 23.1 Å². The van der Waals surface area contributed by atoms with Crippen LogP contribution in [-0.4, -0.2) is 16.8 Å². The third-order valence-electron chi connectivity index (χ3n) is 2.68. The second-order valence-corrected chi connectivity index (χ2v) is 6.08. The molecule has 2 nitrogen and oxygen atoms in total. The Morgan fingerprint density at radius 1 is 1.33 bits per heavy atom. The predicted molar refractivity (Wildman–Crippen MR) is 82.0 cm³/mol. The Balaban J connectivity index is 1.91. The highest BCUT2D eigenvalue weighted by Gasteiger charge is 2.05. The summed E-state index contributed by atoms with van der Waals surface area (Å²) in [6.07, 6.45) is 1.04. The molecular weight excluding hydrogens is 260 g/mol. The van der Waals surface area contributed by atoms with E-state index in [0.29, 0.717) is 6.04 Å². The Morgan fingerprint density at radius 3 is 2.83 bits per heavy atom. The molecule has 1 aromatic carbocycles. The molecule has 0 amide bonds. The molecule has 96 valence electrons. The van der Waals surface area contributed by atoms with E-state index in [1.165, 1.54) is 5.56 Å². The molecule has 0 fully saturated rings. The Kier molecular flexibility index (Phi) is 5.23. The normalized spacial score (nSPS) is 12.6. The van der Waals surface area contributed by atoms with Gasteiger partial charge >= 0.3 is 0 Å². The summed E-state index contributed by atoms with van der Waals surface area (Å²) in [7, 11) is 0. The molecule has 0 spiro atoms. The maximum Gasteiger partial charge on any atom is 0.123 e. The predicted octanol–water partition coefficient (Wildman–Crippen LogP) is 3.78. The summed E-state index contributed by atoms with van der Waals surface area (Å²) < 4.78 is 0. The molecule has 0 aliphatic carbocycles. The molecule has 1 atom stereocenters. The van der Waals surface area contributed by atoms with Gasteiger partial charge in [-0.2, -0.15) is 11.8 Å². The first-order chi connectivity index (χ1) is 8.79. The lowest BCUT2D eigenvalue weighted by molar-refractivity contribution is 0.724. The van der Waals surface area contributed by atoms with Crippen LogP contribution in [0.1, 0.15) is 19.0 Å². The maximum atomic E-state index is 5.89. The lowest BCUT2D eigenvalue weighted by Crippen LogP contribution is -2.21. The fourth-order valence-electron chi connectivity index (χ4n) is 1.52. The van der Waals surface area contributed by atoms with Crippen LogP contribution in [0, 0.1) is 0 Å². The van der Waals surface area contributed by atoms with Crippen LogP contribution >= 0.6 is 23.1 Å². The first-order valence-corrected chi connectivity index (χ1v) is 8.16. The number of hydrogen-bond acceptors (Lipinski definition) is 4. The largest absolute Gasteiger partial charge is 0.327 e. The van der Waals surface area contributed by atoms with Gasteiger partial charge in [0.15, 0.2) is 0 Å². The van der Waals surface area contributed by atoms with Crippen LogP contribution in [0.5, 0.6) is 0 Å². The summed E-state index contributed by atoms with van der Waals surface area (Å²) >= 11 is 3.58. The number of rotatable bonds is 6. The third kappa shape index (κ3) is 3.83. The van der Waals surface area contributed by atoms with E-state index in [1.54, 1.807) is 11.3 Å². The molecule has 2 N–H and O–H groups in total. The highest BCUT2D eigenvalue weighted by atomic mass is 32.2. The molecule has 4 heteroatoms. The van der Waals surface area contributed by atoms with Gasteiger partial charge in [-0.3, -0.25) is 0 Å². The van der Waals surface area contributed by atoms with Gasteiger partial charge in [-0.25, -0.2) is 4.98 Å². The fraction of sp³-hybridized carbons (Fsp3) is 0.357. The SMILES string of the molecule is CCC(N)CSCc1csc(-c2ccccc2)n1. The summed E-state index contributed by atoms with van der Waals surface area (Å²) in [6, 6.07) is 10.6. The first-order valence-electron chi connectivity index (χ1n) is 6.12. The van der Waals surface area contributed by atoms with Crippen LogP contribution in [0.15, 0.2) is 35.7 Å². The molecular formula is C14H18N2S2. The molecule has 0 saturated heterocycles. The van der Waals surface area contributed by atoms with E-state index in [9.17, 15) is 0 Å². The zero-order valence-electron chi connectivity index (χ0n) is 10.5. The fourth-order valence-corrected chi connectivity index (χ4v) is 3.46. The topological polar surface area (TPSA) is 38.9 Å². The highest BCUT2D eigenvalue weighted by Crippen LogP contribution is 2.25. The molecule has 2 aromatic rings. The average molecular weight is 278 g/mol. The van der Waals surface area contributed by atoms with Crippen molar-refractivity contribution < 1.29 is 0 Å². The molecule has 1 aromatic heterocycles. The first kappa shape index (κ1) is 13.6. The quantitative estimate of drug-likeness (QED) is 0.874. The van der Waals surface area contributed by atoms with E-state index in [-0.39, 0.29) is 0 Å². The van der Waals surface area contributed by atoms with E-state index >= 15 is 0 Å². The number of hydrogen-bond donors (Lipinski definition) is 1. The summed E-state index contributed by atoms with van der Waals surface area (Å²) in [5.41, 5.74) is 8.25. The summed E-state index contributed by atoms with van der Waals surface area (Å²) in [5.74, 6) is 1.96. The molecule has 0 aliphatic heterocycles. The maximum absolute atomic E-state index is 5.89. The number of nitrogens with zero attached hydrogens (tertiary/aromatic N) is 1. The number of thiazole rings is 1. The second-order valence-electron chi connectivity index (χ2n) is 4.19. The molecule has 0 aliphatic rings. The van der Waals surface area contributed by atoms with Gasteiger partial charge in [-0.15, -0.1) is 11.3 Å². The van der Waals surface area contributed by atoms with Crippen LogP contribution in [0.3, 0.4) is 0 Å². The second kappa shape index (κ2) is 6.92. The molecule has 1 heterocycles. The zero-order valence-corrected chi connectivity index (χ0v) is 12.1. The number of nitrogens with two attached hydrogens (primary N) is 1. The molecule has 2 rings (SSSR count). The van der Waals surface area contributed by atoms with Gasteiger partial charge in [0.1, 0.15) is 5.01 Å². The number of thioether (sulfide) groups is 1. The molecule has 0 radical (unpaired) electrons. The monoisotopic (exact) mass is 278 g/mol. The van der Waals surface area contributed by atoms with Crippen molar-refractivity contribution in [2.45, 2.75) is 25.1 Å². The van der Waals surface area contributed by atoms with Gasteiger partial charge < -0.3 is 5.73 Å². The Bertz CT molecular complexity index is 468. The molecule has 18 heavy (non-hydrogen) atoms. The summed E-state index contributed by atoms with van der Waals surface area (Å²) in [5, 5.41) is 3.25. The van der Waals surface area contributed by atoms with Gasteiger partial charge in [0.05, 0.1) is 5.69 Å². The summed E-state index contributed by atoms with van der Waals surface area (Å²) in [4.78, 5) is 4.66. The van der Waals surface area contributed by atoms with Crippen molar-refractivity contribution in [3.8, 4) is 10.6 Å².